The third-order valence-electron chi connectivity index (χ3n) is 5.71. The smallest absolute Gasteiger partial charge is 0.328 e. The number of methoxy groups -OCH3 is 1. The van der Waals surface area contributed by atoms with Gasteiger partial charge in [0.05, 0.1) is 33.3 Å². The van der Waals surface area contributed by atoms with Crippen molar-refractivity contribution < 1.29 is 28.7 Å². The van der Waals surface area contributed by atoms with Crippen LogP contribution in [0.3, 0.4) is 0 Å². The van der Waals surface area contributed by atoms with Gasteiger partial charge in [0.1, 0.15) is 12.6 Å². The molecule has 0 spiro atoms. The lowest BCUT2D eigenvalue weighted by atomic mass is 10.1. The van der Waals surface area contributed by atoms with E-state index < -0.39 is 12.0 Å². The summed E-state index contributed by atoms with van der Waals surface area (Å²) in [7, 11) is 1.34. The lowest BCUT2D eigenvalue weighted by Crippen LogP contribution is -3.13. The monoisotopic (exact) mass is 426 g/mol. The summed E-state index contributed by atoms with van der Waals surface area (Å²) in [6, 6.07) is 14.7. The van der Waals surface area contributed by atoms with Crippen LogP contribution in [0.2, 0.25) is 0 Å². The number of quaternary nitrogens is 1. The predicted molar refractivity (Wildman–Crippen MR) is 113 cm³/mol. The summed E-state index contributed by atoms with van der Waals surface area (Å²) in [6.45, 7) is 4.07. The van der Waals surface area contributed by atoms with Crippen LogP contribution in [0.5, 0.6) is 11.5 Å². The second-order valence-electron chi connectivity index (χ2n) is 7.82. The number of benzene rings is 2. The number of hydrogen-bond donors (Lipinski definition) is 2. The first-order chi connectivity index (χ1) is 15.1. The largest absolute Gasteiger partial charge is 0.467 e. The third kappa shape index (κ3) is 5.27. The zero-order valence-electron chi connectivity index (χ0n) is 17.6. The lowest BCUT2D eigenvalue weighted by molar-refractivity contribution is -0.917. The molecule has 8 nitrogen and oxygen atoms in total. The van der Waals surface area contributed by atoms with Gasteiger partial charge >= 0.3 is 12.0 Å². The highest BCUT2D eigenvalue weighted by Crippen LogP contribution is 2.32. The Labute approximate surface area is 181 Å². The number of piperazine rings is 1. The predicted octanol–water partition coefficient (Wildman–Crippen LogP) is 0.610. The van der Waals surface area contributed by atoms with Gasteiger partial charge in [0.2, 0.25) is 6.79 Å². The molecule has 2 aliphatic heterocycles. The Kier molecular flexibility index (Phi) is 6.57. The first kappa shape index (κ1) is 21.0. The number of carbonyl (C=O) groups excluding carboxylic acids is 2. The number of amides is 2. The van der Waals surface area contributed by atoms with E-state index in [4.69, 9.17) is 14.2 Å². The van der Waals surface area contributed by atoms with Crippen molar-refractivity contribution >= 4 is 12.0 Å². The zero-order chi connectivity index (χ0) is 21.6. The van der Waals surface area contributed by atoms with Gasteiger partial charge in [-0.2, -0.15) is 0 Å². The maximum atomic E-state index is 12.8. The second kappa shape index (κ2) is 9.70. The van der Waals surface area contributed by atoms with Crippen LogP contribution >= 0.6 is 0 Å². The molecule has 0 saturated carbocycles. The maximum Gasteiger partial charge on any atom is 0.328 e. The van der Waals surface area contributed by atoms with Crippen LogP contribution in [0.15, 0.2) is 48.5 Å². The van der Waals surface area contributed by atoms with E-state index in [0.29, 0.717) is 19.5 Å². The highest BCUT2D eigenvalue weighted by atomic mass is 16.7. The van der Waals surface area contributed by atoms with Gasteiger partial charge in [-0.1, -0.05) is 30.3 Å². The SMILES string of the molecule is COC(=O)[C@H](Cc1ccccc1)NC(=O)N1CC[NH+](Cc2ccc3c(c2)OCO3)CC1. The molecule has 2 aromatic rings. The number of ether oxygens (including phenoxy) is 3. The first-order valence-corrected chi connectivity index (χ1v) is 10.5. The average molecular weight is 426 g/mol. The van der Waals surface area contributed by atoms with E-state index in [0.717, 1.165) is 36.7 Å². The number of fused-ring (bicyclic) bond motifs is 1. The highest BCUT2D eigenvalue weighted by Gasteiger charge is 2.28. The molecule has 2 heterocycles. The molecule has 2 N–H and O–H groups in total. The minimum atomic E-state index is -0.709. The van der Waals surface area contributed by atoms with Crippen LogP contribution in [0.1, 0.15) is 11.1 Å². The van der Waals surface area contributed by atoms with Crippen molar-refractivity contribution in [1.82, 2.24) is 10.2 Å². The molecule has 0 aliphatic carbocycles. The van der Waals surface area contributed by atoms with Crippen LogP contribution < -0.4 is 19.7 Å². The molecule has 0 unspecified atom stereocenters. The fraction of sp³-hybridized carbons (Fsp3) is 0.391. The number of rotatable bonds is 6. The molecule has 0 aromatic heterocycles. The van der Waals surface area contributed by atoms with E-state index in [9.17, 15) is 9.59 Å². The van der Waals surface area contributed by atoms with Crippen LogP contribution in [0.4, 0.5) is 4.79 Å². The van der Waals surface area contributed by atoms with E-state index >= 15 is 0 Å². The van der Waals surface area contributed by atoms with Crippen molar-refractivity contribution in [3.05, 3.63) is 59.7 Å². The molecular weight excluding hydrogens is 398 g/mol. The van der Waals surface area contributed by atoms with Gasteiger partial charge in [0, 0.05) is 12.0 Å². The molecule has 1 fully saturated rings. The number of carbonyl (C=O) groups is 2. The summed E-state index contributed by atoms with van der Waals surface area (Å²) >= 11 is 0. The normalized spacial score (nSPS) is 16.6. The molecule has 2 aliphatic rings. The summed E-state index contributed by atoms with van der Waals surface area (Å²) in [5.41, 5.74) is 2.15. The Morgan fingerprint density at radius 3 is 2.55 bits per heavy atom. The summed E-state index contributed by atoms with van der Waals surface area (Å²) in [6.07, 6.45) is 0.397. The van der Waals surface area contributed by atoms with Crippen LogP contribution in [0.25, 0.3) is 0 Å². The minimum Gasteiger partial charge on any atom is -0.467 e. The summed E-state index contributed by atoms with van der Waals surface area (Å²) in [4.78, 5) is 28.1. The molecule has 1 atom stereocenters. The molecular formula is C23H28N3O5+. The number of hydrogen-bond acceptors (Lipinski definition) is 5. The fourth-order valence-corrected chi connectivity index (χ4v) is 3.97. The summed E-state index contributed by atoms with van der Waals surface area (Å²) in [5.74, 6) is 1.14. The third-order valence-corrected chi connectivity index (χ3v) is 5.71. The minimum absolute atomic E-state index is 0.228. The standard InChI is InChI=1S/C23H27N3O5/c1-29-22(27)19(13-17-5-3-2-4-6-17)24-23(28)26-11-9-25(10-12-26)15-18-7-8-20-21(14-18)31-16-30-20/h2-8,14,19H,9-13,15-16H2,1H3,(H,24,28)/p+1/t19-/m0/s1. The van der Waals surface area contributed by atoms with Crippen molar-refractivity contribution in [2.75, 3.05) is 40.1 Å². The topological polar surface area (TPSA) is 81.5 Å². The van der Waals surface area contributed by atoms with E-state index in [1.54, 1.807) is 4.90 Å². The molecule has 0 bridgehead atoms. The molecule has 0 radical (unpaired) electrons. The van der Waals surface area contributed by atoms with Crippen LogP contribution in [-0.4, -0.2) is 63.0 Å². The van der Waals surface area contributed by atoms with Gasteiger partial charge in [-0.3, -0.25) is 0 Å². The van der Waals surface area contributed by atoms with E-state index in [1.807, 2.05) is 42.5 Å². The Morgan fingerprint density at radius 1 is 1.06 bits per heavy atom. The molecule has 1 saturated heterocycles. The van der Waals surface area contributed by atoms with Gasteiger partial charge < -0.3 is 29.3 Å². The van der Waals surface area contributed by atoms with Gasteiger partial charge in [0.25, 0.3) is 0 Å². The molecule has 164 valence electrons. The van der Waals surface area contributed by atoms with Gasteiger partial charge in [-0.15, -0.1) is 0 Å². The van der Waals surface area contributed by atoms with E-state index in [2.05, 4.69) is 11.4 Å². The van der Waals surface area contributed by atoms with Gasteiger partial charge in [-0.25, -0.2) is 9.59 Å². The van der Waals surface area contributed by atoms with Crippen molar-refractivity contribution in [2.45, 2.75) is 19.0 Å². The Hall–Kier alpha value is -3.26. The molecule has 31 heavy (non-hydrogen) atoms. The first-order valence-electron chi connectivity index (χ1n) is 10.5. The van der Waals surface area contributed by atoms with Crippen LogP contribution in [0, 0.1) is 0 Å². The number of nitrogens with zero attached hydrogens (tertiary/aromatic N) is 1. The van der Waals surface area contributed by atoms with Crippen molar-refractivity contribution in [1.29, 1.82) is 0 Å². The highest BCUT2D eigenvalue weighted by molar-refractivity contribution is 5.83. The van der Waals surface area contributed by atoms with Crippen molar-refractivity contribution in [3.63, 3.8) is 0 Å². The molecule has 8 heteroatoms. The summed E-state index contributed by atoms with van der Waals surface area (Å²) in [5, 5.41) is 2.85. The maximum absolute atomic E-state index is 12.8. The molecule has 2 aromatic carbocycles. The summed E-state index contributed by atoms with van der Waals surface area (Å²) < 4.78 is 15.7. The van der Waals surface area contributed by atoms with Gasteiger partial charge in [-0.05, 0) is 23.8 Å². The number of esters is 1. The zero-order valence-corrected chi connectivity index (χ0v) is 17.6. The molecule has 4 rings (SSSR count). The van der Waals surface area contributed by atoms with Crippen LogP contribution in [-0.2, 0) is 22.5 Å². The molecule has 2 amide bonds. The Bertz CT molecular complexity index is 913. The Morgan fingerprint density at radius 2 is 1.81 bits per heavy atom. The number of urea groups is 1. The average Bonchev–Trinajstić information content (AvgIpc) is 3.27. The Balaban J connectivity index is 1.29. The fourth-order valence-electron chi connectivity index (χ4n) is 3.97. The van der Waals surface area contributed by atoms with Gasteiger partial charge in [0.15, 0.2) is 11.5 Å². The quantitative estimate of drug-likeness (QED) is 0.662. The second-order valence-corrected chi connectivity index (χ2v) is 7.82. The van der Waals surface area contributed by atoms with Crippen molar-refractivity contribution in [2.24, 2.45) is 0 Å². The van der Waals surface area contributed by atoms with E-state index in [1.165, 1.54) is 17.6 Å². The van der Waals surface area contributed by atoms with E-state index in [-0.39, 0.29) is 12.8 Å². The lowest BCUT2D eigenvalue weighted by Gasteiger charge is -2.33. The number of nitrogens with one attached hydrogen (secondary N) is 2. The van der Waals surface area contributed by atoms with Crippen molar-refractivity contribution in [3.8, 4) is 11.5 Å².